The molecule has 5 amide bonds. The smallest absolute Gasteiger partial charge is 0.343 e. The molecule has 4 aliphatic rings. The van der Waals surface area contributed by atoms with Crippen molar-refractivity contribution in [1.82, 2.24) is 30.0 Å². The van der Waals surface area contributed by atoms with Gasteiger partial charge in [0.15, 0.2) is 17.2 Å². The minimum absolute atomic E-state index is 0.0212. The molecular formula is C58H65FN6O13. The summed E-state index contributed by atoms with van der Waals surface area (Å²) >= 11 is 0. The average Bonchev–Trinajstić information content (AvgIpc) is 4.12. The average molecular weight is 1070 g/mol. The van der Waals surface area contributed by atoms with Crippen molar-refractivity contribution in [3.05, 3.63) is 109 Å². The van der Waals surface area contributed by atoms with E-state index in [9.17, 15) is 53.1 Å². The molecule has 0 saturated heterocycles. The van der Waals surface area contributed by atoms with Crippen LogP contribution in [-0.4, -0.2) is 117 Å². The van der Waals surface area contributed by atoms with Gasteiger partial charge in [-0.2, -0.15) is 0 Å². The van der Waals surface area contributed by atoms with Crippen LogP contribution in [0, 0.1) is 18.7 Å². The van der Waals surface area contributed by atoms with Gasteiger partial charge in [-0.15, -0.1) is 0 Å². The maximum atomic E-state index is 15.5. The Hall–Kier alpha value is -7.58. The van der Waals surface area contributed by atoms with Gasteiger partial charge in [0.1, 0.15) is 24.3 Å². The summed E-state index contributed by atoms with van der Waals surface area (Å²) in [5, 5.41) is 17.3. The molecule has 19 nitrogen and oxygen atoms in total. The molecule has 0 saturated carbocycles. The molecule has 0 radical (unpaired) electrons. The molecular weight excluding hydrogens is 1010 g/mol. The lowest BCUT2D eigenvalue weighted by atomic mass is 9.81. The number of fused-ring (bicyclic) bond motifs is 5. The van der Waals surface area contributed by atoms with E-state index in [-0.39, 0.29) is 113 Å². The highest BCUT2D eigenvalue weighted by Gasteiger charge is 2.46. The Morgan fingerprint density at radius 2 is 1.67 bits per heavy atom. The van der Waals surface area contributed by atoms with Crippen LogP contribution in [0.1, 0.15) is 130 Å². The Bertz CT molecular complexity index is 3220. The number of halogens is 1. The van der Waals surface area contributed by atoms with Gasteiger partial charge in [-0.1, -0.05) is 43.7 Å². The summed E-state index contributed by atoms with van der Waals surface area (Å²) in [7, 11) is 1.64. The lowest BCUT2D eigenvalue weighted by Gasteiger charge is -2.36. The molecule has 20 heteroatoms. The number of ketones is 3. The normalized spacial score (nSPS) is 17.9. The number of aliphatic hydroxyl groups is 1. The zero-order valence-electron chi connectivity index (χ0n) is 44.6. The molecule has 3 aliphatic heterocycles. The molecule has 0 fully saturated rings. The van der Waals surface area contributed by atoms with E-state index in [0.717, 1.165) is 11.1 Å². The van der Waals surface area contributed by atoms with Crippen molar-refractivity contribution in [2.24, 2.45) is 5.92 Å². The number of amides is 5. The highest BCUT2D eigenvalue weighted by Crippen LogP contribution is 2.47. The molecule has 2 aromatic carbocycles. The van der Waals surface area contributed by atoms with E-state index in [4.69, 9.17) is 14.5 Å². The number of carbonyl (C=O) groups excluding carboxylic acids is 9. The molecule has 4 aromatic rings. The molecule has 1 unspecified atom stereocenters. The number of esters is 1. The summed E-state index contributed by atoms with van der Waals surface area (Å²) in [5.41, 5.74) is 2.57. The van der Waals surface area contributed by atoms with Crippen LogP contribution in [0.4, 0.5) is 4.39 Å². The lowest BCUT2D eigenvalue weighted by molar-refractivity contribution is -0.172. The fraction of sp³-hybridized carbons (Fsp3) is 0.466. The Kier molecular flexibility index (Phi) is 17.4. The second kappa shape index (κ2) is 24.0. The van der Waals surface area contributed by atoms with Gasteiger partial charge >= 0.3 is 5.97 Å². The van der Waals surface area contributed by atoms with E-state index >= 15 is 4.39 Å². The van der Waals surface area contributed by atoms with Gasteiger partial charge in [-0.3, -0.25) is 48.1 Å². The van der Waals surface area contributed by atoms with Gasteiger partial charge < -0.3 is 34.7 Å². The number of hydrogen-bond acceptors (Lipinski definition) is 14. The van der Waals surface area contributed by atoms with Gasteiger partial charge in [0.25, 0.3) is 23.3 Å². The van der Waals surface area contributed by atoms with Gasteiger partial charge in [0.05, 0.1) is 54.8 Å². The van der Waals surface area contributed by atoms with Crippen LogP contribution in [0.2, 0.25) is 0 Å². The van der Waals surface area contributed by atoms with Crippen LogP contribution < -0.4 is 16.2 Å². The zero-order valence-corrected chi connectivity index (χ0v) is 44.6. The molecule has 0 bridgehead atoms. The summed E-state index contributed by atoms with van der Waals surface area (Å²) in [6.07, 6.45) is 2.66. The number of aryl methyl sites for hydroxylation is 1. The number of imide groups is 1. The van der Waals surface area contributed by atoms with Crippen molar-refractivity contribution < 1.29 is 62.1 Å². The van der Waals surface area contributed by atoms with Crippen LogP contribution >= 0.6 is 0 Å². The Morgan fingerprint density at radius 3 is 2.38 bits per heavy atom. The fourth-order valence-corrected chi connectivity index (χ4v) is 11.0. The lowest BCUT2D eigenvalue weighted by Crippen LogP contribution is -2.44. The minimum Gasteiger partial charge on any atom is -0.458 e. The number of benzene rings is 2. The summed E-state index contributed by atoms with van der Waals surface area (Å²) in [5.74, 6) is -5.23. The van der Waals surface area contributed by atoms with Gasteiger partial charge in [0, 0.05) is 85.8 Å². The van der Waals surface area contributed by atoms with Crippen molar-refractivity contribution in [2.75, 3.05) is 33.3 Å². The number of rotatable bonds is 25. The molecule has 3 N–H and O–H groups in total. The number of aromatic nitrogens is 2. The molecule has 412 valence electrons. The number of carbonyl (C=O) groups is 9. The Labute approximate surface area is 449 Å². The maximum Gasteiger partial charge on any atom is 0.343 e. The number of pyridine rings is 2. The predicted molar refractivity (Wildman–Crippen MR) is 281 cm³/mol. The summed E-state index contributed by atoms with van der Waals surface area (Å²) in [6.45, 7) is 5.60. The summed E-state index contributed by atoms with van der Waals surface area (Å²) < 4.78 is 28.2. The standard InChI is InChI=1S/C58H65FN6O13/c1-6-58(76)43-26-47-52-41(30-65(47)56(74)42(43)31-78-57(58)75)51-46(18-17-40-33(3)44(59)27-45(62-52)50(40)51)63(5)55(73)34(4)77-22-20-38(67)28-61-53(71)36(24-35-13-9-7-10-14-35)25-39(68)29-60-48(69)19-16-37(66)15-11-8-12-21-64-49(70)23-32(2)54(64)72/h7,9-10,13-14,23,26-27,34,36,46,76H,6,8,11-12,15-22,24-25,28-31H2,1-5H3,(H,60,69)(H,61,71)/t34?,36-,46+,58+/m1/s1. The SMILES string of the molecule is CC[C@@]1(O)C(=O)OCc2c1cc1n(c2=O)Cc2c-1nc1cc(F)c(C)c3c1c2[C@@H](N(C)C(=O)C(C)OCCC(=O)CNC(=O)[C@@H](CC(=O)CNC(=O)CCC(=O)CCCCCN1C(=O)C=C(C)C1=O)Cc1ccccc1)CC3. The highest BCUT2D eigenvalue weighted by atomic mass is 19.1. The van der Waals surface area contributed by atoms with E-state index in [2.05, 4.69) is 10.6 Å². The second-order valence-corrected chi connectivity index (χ2v) is 20.7. The predicted octanol–water partition coefficient (Wildman–Crippen LogP) is 4.61. The van der Waals surface area contributed by atoms with Crippen LogP contribution in [0.25, 0.3) is 22.3 Å². The second-order valence-electron chi connectivity index (χ2n) is 20.7. The van der Waals surface area contributed by atoms with Gasteiger partial charge in [-0.25, -0.2) is 14.2 Å². The quantitative estimate of drug-likeness (QED) is 0.0410. The molecule has 4 atom stereocenters. The van der Waals surface area contributed by atoms with Crippen LogP contribution in [-0.2, 0) is 84.2 Å². The Balaban J connectivity index is 0.827. The first-order valence-electron chi connectivity index (χ1n) is 26.6. The number of cyclic esters (lactones) is 1. The van der Waals surface area contributed by atoms with Crippen LogP contribution in [0.15, 0.2) is 58.9 Å². The largest absolute Gasteiger partial charge is 0.458 e. The highest BCUT2D eigenvalue weighted by molar-refractivity contribution is 6.15. The first kappa shape index (κ1) is 56.6. The van der Waals surface area contributed by atoms with Gasteiger partial charge in [-0.05, 0) is 87.6 Å². The number of nitrogens with zero attached hydrogens (tertiary/aromatic N) is 4. The maximum absolute atomic E-state index is 15.5. The molecule has 1 aliphatic carbocycles. The number of nitrogens with one attached hydrogen (secondary N) is 2. The third-order valence-corrected chi connectivity index (χ3v) is 15.5. The van der Waals surface area contributed by atoms with Crippen molar-refractivity contribution in [1.29, 1.82) is 0 Å². The van der Waals surface area contributed by atoms with Crippen molar-refractivity contribution >= 4 is 63.8 Å². The fourth-order valence-electron chi connectivity index (χ4n) is 11.0. The van der Waals surface area contributed by atoms with Crippen molar-refractivity contribution in [3.8, 4) is 11.4 Å². The monoisotopic (exact) mass is 1070 g/mol. The first-order valence-corrected chi connectivity index (χ1v) is 26.6. The van der Waals surface area contributed by atoms with Crippen molar-refractivity contribution in [3.63, 3.8) is 0 Å². The third-order valence-electron chi connectivity index (χ3n) is 15.5. The Morgan fingerprint density at radius 1 is 0.923 bits per heavy atom. The van der Waals surface area contributed by atoms with E-state index < -0.39 is 70.3 Å². The molecule has 78 heavy (non-hydrogen) atoms. The third kappa shape index (κ3) is 11.8. The van der Waals surface area contributed by atoms with E-state index in [1.807, 2.05) is 6.07 Å². The summed E-state index contributed by atoms with van der Waals surface area (Å²) in [4.78, 5) is 138. The number of Topliss-reactive ketones (excluding diaryl/α,β-unsaturated/α-hetero) is 3. The summed E-state index contributed by atoms with van der Waals surface area (Å²) in [6, 6.07) is 11.4. The molecule has 5 heterocycles. The number of ether oxygens (including phenoxy) is 2. The minimum atomic E-state index is -2.05. The van der Waals surface area contributed by atoms with Crippen LogP contribution in [0.5, 0.6) is 0 Å². The zero-order chi connectivity index (χ0) is 56.2. The van der Waals surface area contributed by atoms with Gasteiger partial charge in [0.2, 0.25) is 11.8 Å². The van der Waals surface area contributed by atoms with Crippen LogP contribution in [0.3, 0.4) is 0 Å². The molecule has 0 spiro atoms. The van der Waals surface area contributed by atoms with E-state index in [0.29, 0.717) is 76.7 Å². The van der Waals surface area contributed by atoms with Crippen molar-refractivity contribution in [2.45, 2.75) is 136 Å². The first-order chi connectivity index (χ1) is 37.2. The topological polar surface area (TPSA) is 258 Å². The molecule has 2 aromatic heterocycles. The van der Waals surface area contributed by atoms with E-state index in [1.165, 1.54) is 21.6 Å². The van der Waals surface area contributed by atoms with E-state index in [1.54, 1.807) is 70.0 Å². The number of hydrogen-bond donors (Lipinski definition) is 3. The molecule has 8 rings (SSSR count). The number of likely N-dealkylation sites (N-methyl/N-ethyl adjacent to an activating group) is 1. The number of unbranched alkanes of at least 4 members (excludes halogenated alkanes) is 2.